The van der Waals surface area contributed by atoms with E-state index in [2.05, 4.69) is 15.6 Å². The Kier molecular flexibility index (Phi) is 3.12. The number of amides is 2. The van der Waals surface area contributed by atoms with Crippen molar-refractivity contribution in [1.29, 1.82) is 0 Å². The van der Waals surface area contributed by atoms with E-state index in [0.29, 0.717) is 6.54 Å². The van der Waals surface area contributed by atoms with Gasteiger partial charge in [0.1, 0.15) is 0 Å². The number of pyridine rings is 1. The van der Waals surface area contributed by atoms with Gasteiger partial charge in [-0.05, 0) is 67.9 Å². The maximum Gasteiger partial charge on any atom is 0.315 e. The number of hydrogen-bond donors (Lipinski definition) is 2. The Balaban J connectivity index is 1.36. The second kappa shape index (κ2) is 5.00. The molecular formula is C17H23N3O. The Labute approximate surface area is 125 Å². The number of carbonyl (C=O) groups is 1. The van der Waals surface area contributed by atoms with Gasteiger partial charge in [0.05, 0.1) is 0 Å². The predicted molar refractivity (Wildman–Crippen MR) is 80.5 cm³/mol. The maximum atomic E-state index is 12.3. The molecule has 4 aliphatic rings. The van der Waals surface area contributed by atoms with Crippen LogP contribution in [-0.2, 0) is 6.54 Å². The van der Waals surface area contributed by atoms with Crippen LogP contribution in [0.1, 0.15) is 44.1 Å². The number of carbonyl (C=O) groups excluding carboxylic acids is 1. The van der Waals surface area contributed by atoms with E-state index in [0.717, 1.165) is 23.3 Å². The van der Waals surface area contributed by atoms with Gasteiger partial charge in [-0.1, -0.05) is 6.07 Å². The average Bonchev–Trinajstić information content (AvgIpc) is 2.44. The standard InChI is InChI=1S/C17H23N3O/c21-16(19-11-12-2-1-3-18-10-12)20-17-7-13-4-14(8-17)6-15(5-13)9-17/h1-3,10,13-15H,4-9,11H2,(H2,19,20,21). The SMILES string of the molecule is O=C(NCc1cccnc1)NC12CC3CC(CC(C3)C1)C2. The first-order valence-electron chi connectivity index (χ1n) is 8.16. The van der Waals surface area contributed by atoms with Crippen molar-refractivity contribution < 1.29 is 4.79 Å². The molecule has 112 valence electrons. The van der Waals surface area contributed by atoms with Crippen molar-refractivity contribution in [3.8, 4) is 0 Å². The highest BCUT2D eigenvalue weighted by Gasteiger charge is 2.51. The fourth-order valence-corrected chi connectivity index (χ4v) is 5.23. The lowest BCUT2D eigenvalue weighted by molar-refractivity contribution is -0.0135. The Bertz CT molecular complexity index is 493. The van der Waals surface area contributed by atoms with Crippen molar-refractivity contribution in [2.75, 3.05) is 0 Å². The summed E-state index contributed by atoms with van der Waals surface area (Å²) < 4.78 is 0. The van der Waals surface area contributed by atoms with Crippen LogP contribution in [0.5, 0.6) is 0 Å². The Hall–Kier alpha value is -1.58. The molecule has 21 heavy (non-hydrogen) atoms. The number of hydrogen-bond acceptors (Lipinski definition) is 2. The highest BCUT2D eigenvalue weighted by molar-refractivity contribution is 5.74. The van der Waals surface area contributed by atoms with E-state index in [4.69, 9.17) is 0 Å². The zero-order valence-corrected chi connectivity index (χ0v) is 12.3. The topological polar surface area (TPSA) is 54.0 Å². The Morgan fingerprint density at radius 1 is 1.19 bits per heavy atom. The van der Waals surface area contributed by atoms with Crippen LogP contribution in [0.3, 0.4) is 0 Å². The van der Waals surface area contributed by atoms with Crippen molar-refractivity contribution >= 4 is 6.03 Å². The number of nitrogens with one attached hydrogen (secondary N) is 2. The summed E-state index contributed by atoms with van der Waals surface area (Å²) in [6, 6.07) is 3.87. The molecule has 4 nitrogen and oxygen atoms in total. The molecule has 4 aliphatic carbocycles. The second-order valence-corrected chi connectivity index (χ2v) is 7.37. The van der Waals surface area contributed by atoms with Crippen molar-refractivity contribution in [2.45, 2.75) is 50.6 Å². The van der Waals surface area contributed by atoms with Crippen LogP contribution in [0, 0.1) is 17.8 Å². The third kappa shape index (κ3) is 2.63. The first kappa shape index (κ1) is 13.1. The smallest absolute Gasteiger partial charge is 0.315 e. The second-order valence-electron chi connectivity index (χ2n) is 7.37. The van der Waals surface area contributed by atoms with Crippen molar-refractivity contribution in [2.24, 2.45) is 17.8 Å². The van der Waals surface area contributed by atoms with Gasteiger partial charge in [0.2, 0.25) is 0 Å². The summed E-state index contributed by atoms with van der Waals surface area (Å²) in [5.41, 5.74) is 1.13. The largest absolute Gasteiger partial charge is 0.334 e. The predicted octanol–water partition coefficient (Wildman–Crippen LogP) is 2.85. The van der Waals surface area contributed by atoms with Gasteiger partial charge in [-0.3, -0.25) is 4.98 Å². The van der Waals surface area contributed by atoms with Gasteiger partial charge in [-0.2, -0.15) is 0 Å². The molecule has 1 heterocycles. The third-order valence-electron chi connectivity index (χ3n) is 5.59. The minimum Gasteiger partial charge on any atom is -0.334 e. The first-order valence-corrected chi connectivity index (χ1v) is 8.16. The van der Waals surface area contributed by atoms with Gasteiger partial charge < -0.3 is 10.6 Å². The van der Waals surface area contributed by atoms with Crippen LogP contribution in [0.2, 0.25) is 0 Å². The fourth-order valence-electron chi connectivity index (χ4n) is 5.23. The Morgan fingerprint density at radius 3 is 2.43 bits per heavy atom. The van der Waals surface area contributed by atoms with E-state index < -0.39 is 0 Å². The van der Waals surface area contributed by atoms with E-state index in [1.54, 1.807) is 12.4 Å². The lowest BCUT2D eigenvalue weighted by Crippen LogP contribution is -2.61. The number of urea groups is 1. The van der Waals surface area contributed by atoms with Crippen LogP contribution < -0.4 is 10.6 Å². The first-order chi connectivity index (χ1) is 10.2. The number of rotatable bonds is 3. The van der Waals surface area contributed by atoms with Gasteiger partial charge in [-0.25, -0.2) is 4.79 Å². The van der Waals surface area contributed by atoms with Crippen molar-refractivity contribution in [3.63, 3.8) is 0 Å². The summed E-state index contributed by atoms with van der Waals surface area (Å²) in [7, 11) is 0. The van der Waals surface area contributed by atoms with Crippen molar-refractivity contribution in [3.05, 3.63) is 30.1 Å². The number of nitrogens with zero attached hydrogens (tertiary/aromatic N) is 1. The highest BCUT2D eigenvalue weighted by Crippen LogP contribution is 2.55. The summed E-state index contributed by atoms with van der Waals surface area (Å²) in [6.07, 6.45) is 11.3. The summed E-state index contributed by atoms with van der Waals surface area (Å²) in [5, 5.41) is 6.31. The van der Waals surface area contributed by atoms with E-state index in [-0.39, 0.29) is 11.6 Å². The molecule has 0 spiro atoms. The molecule has 4 saturated carbocycles. The molecule has 2 N–H and O–H groups in total. The van der Waals surface area contributed by atoms with Crippen LogP contribution >= 0.6 is 0 Å². The summed E-state index contributed by atoms with van der Waals surface area (Å²) in [6.45, 7) is 0.548. The molecule has 0 atom stereocenters. The molecule has 0 saturated heterocycles. The molecule has 4 fully saturated rings. The van der Waals surface area contributed by atoms with Gasteiger partial charge in [0.15, 0.2) is 0 Å². The molecule has 0 unspecified atom stereocenters. The van der Waals surface area contributed by atoms with Crippen LogP contribution in [0.4, 0.5) is 4.79 Å². The molecule has 2 amide bonds. The van der Waals surface area contributed by atoms with E-state index in [1.165, 1.54) is 38.5 Å². The molecule has 4 heteroatoms. The molecule has 4 bridgehead atoms. The lowest BCUT2D eigenvalue weighted by atomic mass is 9.53. The van der Waals surface area contributed by atoms with Gasteiger partial charge in [0.25, 0.3) is 0 Å². The summed E-state index contributed by atoms with van der Waals surface area (Å²) in [4.78, 5) is 16.3. The zero-order valence-electron chi connectivity index (χ0n) is 12.3. The normalized spacial score (nSPS) is 36.5. The number of aromatic nitrogens is 1. The van der Waals surface area contributed by atoms with Gasteiger partial charge in [-0.15, -0.1) is 0 Å². The molecule has 0 radical (unpaired) electrons. The molecule has 1 aromatic heterocycles. The lowest BCUT2D eigenvalue weighted by Gasteiger charge is -2.56. The molecule has 1 aromatic rings. The fraction of sp³-hybridized carbons (Fsp3) is 0.647. The average molecular weight is 285 g/mol. The minimum atomic E-state index is -0.0131. The summed E-state index contributed by atoms with van der Waals surface area (Å²) >= 11 is 0. The van der Waals surface area contributed by atoms with E-state index in [1.807, 2.05) is 12.1 Å². The van der Waals surface area contributed by atoms with E-state index >= 15 is 0 Å². The van der Waals surface area contributed by atoms with E-state index in [9.17, 15) is 4.79 Å². The van der Waals surface area contributed by atoms with Crippen LogP contribution in [0.25, 0.3) is 0 Å². The third-order valence-corrected chi connectivity index (χ3v) is 5.59. The van der Waals surface area contributed by atoms with Crippen LogP contribution in [0.15, 0.2) is 24.5 Å². The Morgan fingerprint density at radius 2 is 1.86 bits per heavy atom. The molecular weight excluding hydrogens is 262 g/mol. The van der Waals surface area contributed by atoms with Gasteiger partial charge >= 0.3 is 6.03 Å². The van der Waals surface area contributed by atoms with Crippen molar-refractivity contribution in [1.82, 2.24) is 15.6 Å². The molecule has 0 aromatic carbocycles. The summed E-state index contributed by atoms with van der Waals surface area (Å²) in [5.74, 6) is 2.57. The van der Waals surface area contributed by atoms with Gasteiger partial charge in [0, 0.05) is 24.5 Å². The highest BCUT2D eigenvalue weighted by atomic mass is 16.2. The zero-order chi connectivity index (χ0) is 14.3. The van der Waals surface area contributed by atoms with Crippen LogP contribution in [-0.4, -0.2) is 16.6 Å². The molecule has 0 aliphatic heterocycles. The minimum absolute atomic E-state index is 0.0131. The maximum absolute atomic E-state index is 12.3. The monoisotopic (exact) mass is 285 g/mol. The quantitative estimate of drug-likeness (QED) is 0.897. The molecule has 5 rings (SSSR count).